The van der Waals surface area contributed by atoms with Gasteiger partial charge in [-0.3, -0.25) is 9.59 Å². The zero-order valence-electron chi connectivity index (χ0n) is 17.5. The summed E-state index contributed by atoms with van der Waals surface area (Å²) in [5.74, 6) is -2.15. The molecule has 0 saturated carbocycles. The predicted octanol–water partition coefficient (Wildman–Crippen LogP) is 2.03. The number of anilines is 1. The number of methoxy groups -OCH3 is 1. The molecule has 0 aromatic heterocycles. The van der Waals surface area contributed by atoms with Crippen LogP contribution in [0.5, 0.6) is 0 Å². The summed E-state index contributed by atoms with van der Waals surface area (Å²) >= 11 is 0. The number of hydrogen-bond donors (Lipinski definition) is 3. The van der Waals surface area contributed by atoms with Gasteiger partial charge in [-0.15, -0.1) is 0 Å². The summed E-state index contributed by atoms with van der Waals surface area (Å²) < 4.78 is 46.1. The quantitative estimate of drug-likeness (QED) is 0.512. The van der Waals surface area contributed by atoms with Crippen LogP contribution in [-0.4, -0.2) is 40.0 Å². The standard InChI is InChI=1S/C21H26FN3O5S/c1-14(2)20(25-31(28,29)18-10-5-4-9-17(18)22)21(27)23-12-15-7-6-8-16(11-15)24-19(26)13-30-3/h4-11,14,20,25H,12-13H2,1-3H3,(H,23,27)(H,24,26)/t20-/m0/s1. The van der Waals surface area contributed by atoms with Crippen molar-refractivity contribution in [2.75, 3.05) is 19.0 Å². The van der Waals surface area contributed by atoms with E-state index >= 15 is 0 Å². The van der Waals surface area contributed by atoms with Gasteiger partial charge in [-0.05, 0) is 35.7 Å². The van der Waals surface area contributed by atoms with Crippen molar-refractivity contribution in [2.24, 2.45) is 5.92 Å². The van der Waals surface area contributed by atoms with E-state index in [9.17, 15) is 22.4 Å². The molecule has 168 valence electrons. The Hall–Kier alpha value is -2.82. The maximum Gasteiger partial charge on any atom is 0.250 e. The van der Waals surface area contributed by atoms with Crippen LogP contribution in [0.3, 0.4) is 0 Å². The zero-order chi connectivity index (χ0) is 23.0. The molecule has 0 unspecified atom stereocenters. The van der Waals surface area contributed by atoms with Crippen molar-refractivity contribution in [3.8, 4) is 0 Å². The van der Waals surface area contributed by atoms with Gasteiger partial charge in [0.05, 0.1) is 0 Å². The molecule has 0 fully saturated rings. The third-order valence-electron chi connectivity index (χ3n) is 4.31. The molecular formula is C21H26FN3O5S. The number of hydrogen-bond acceptors (Lipinski definition) is 5. The van der Waals surface area contributed by atoms with Crippen molar-refractivity contribution in [1.29, 1.82) is 0 Å². The molecule has 2 amide bonds. The molecule has 1 atom stereocenters. The van der Waals surface area contributed by atoms with Crippen LogP contribution in [0.4, 0.5) is 10.1 Å². The minimum Gasteiger partial charge on any atom is -0.375 e. The summed E-state index contributed by atoms with van der Waals surface area (Å²) in [5, 5.41) is 5.34. The van der Waals surface area contributed by atoms with Crippen LogP contribution in [0.15, 0.2) is 53.4 Å². The second-order valence-corrected chi connectivity index (χ2v) is 8.86. The van der Waals surface area contributed by atoms with E-state index in [1.165, 1.54) is 19.2 Å². The van der Waals surface area contributed by atoms with E-state index in [4.69, 9.17) is 4.74 Å². The fraction of sp³-hybridized carbons (Fsp3) is 0.333. The highest BCUT2D eigenvalue weighted by molar-refractivity contribution is 7.89. The Labute approximate surface area is 181 Å². The summed E-state index contributed by atoms with van der Waals surface area (Å²) in [6.07, 6.45) is 0. The smallest absolute Gasteiger partial charge is 0.250 e. The van der Waals surface area contributed by atoms with Crippen LogP contribution < -0.4 is 15.4 Å². The van der Waals surface area contributed by atoms with Crippen LogP contribution in [0.1, 0.15) is 19.4 Å². The second-order valence-electron chi connectivity index (χ2n) is 7.17. The van der Waals surface area contributed by atoms with Crippen molar-refractivity contribution in [1.82, 2.24) is 10.0 Å². The monoisotopic (exact) mass is 451 g/mol. The fourth-order valence-electron chi connectivity index (χ4n) is 2.77. The molecule has 0 aliphatic rings. The van der Waals surface area contributed by atoms with Crippen LogP contribution in [0.2, 0.25) is 0 Å². The molecule has 10 heteroatoms. The molecule has 0 aliphatic heterocycles. The Morgan fingerprint density at radius 3 is 2.45 bits per heavy atom. The van der Waals surface area contributed by atoms with E-state index in [-0.39, 0.29) is 25.0 Å². The van der Waals surface area contributed by atoms with E-state index in [0.29, 0.717) is 11.3 Å². The largest absolute Gasteiger partial charge is 0.375 e. The van der Waals surface area contributed by atoms with Gasteiger partial charge in [0.1, 0.15) is 23.4 Å². The number of rotatable bonds is 10. The van der Waals surface area contributed by atoms with E-state index in [1.807, 2.05) is 0 Å². The van der Waals surface area contributed by atoms with Gasteiger partial charge in [0.25, 0.3) is 0 Å². The maximum absolute atomic E-state index is 13.9. The molecule has 2 rings (SSSR count). The SMILES string of the molecule is COCC(=O)Nc1cccc(CNC(=O)[C@@H](NS(=O)(=O)c2ccccc2F)C(C)C)c1. The van der Waals surface area contributed by atoms with Gasteiger partial charge in [-0.2, -0.15) is 4.72 Å². The predicted molar refractivity (Wildman–Crippen MR) is 114 cm³/mol. The number of halogens is 1. The van der Waals surface area contributed by atoms with Crippen LogP contribution in [0, 0.1) is 11.7 Å². The molecule has 0 radical (unpaired) electrons. The number of sulfonamides is 1. The minimum absolute atomic E-state index is 0.0841. The summed E-state index contributed by atoms with van der Waals surface area (Å²) in [7, 11) is -2.82. The highest BCUT2D eigenvalue weighted by Crippen LogP contribution is 2.16. The van der Waals surface area contributed by atoms with E-state index < -0.39 is 32.7 Å². The fourth-order valence-corrected chi connectivity index (χ4v) is 4.19. The molecule has 0 saturated heterocycles. The number of nitrogens with one attached hydrogen (secondary N) is 3. The summed E-state index contributed by atoms with van der Waals surface area (Å²) in [6, 6.07) is 10.7. The van der Waals surface area contributed by atoms with E-state index in [0.717, 1.165) is 12.1 Å². The maximum atomic E-state index is 13.9. The number of carbonyl (C=O) groups is 2. The lowest BCUT2D eigenvalue weighted by Gasteiger charge is -2.22. The molecule has 31 heavy (non-hydrogen) atoms. The first kappa shape index (κ1) is 24.4. The van der Waals surface area contributed by atoms with Gasteiger partial charge in [0.15, 0.2) is 0 Å². The average Bonchev–Trinajstić information content (AvgIpc) is 2.70. The van der Waals surface area contributed by atoms with Gasteiger partial charge < -0.3 is 15.4 Å². The number of amides is 2. The van der Waals surface area contributed by atoms with E-state index in [2.05, 4.69) is 15.4 Å². The number of benzene rings is 2. The Morgan fingerprint density at radius 1 is 1.10 bits per heavy atom. The molecule has 0 bridgehead atoms. The average molecular weight is 452 g/mol. The molecular weight excluding hydrogens is 425 g/mol. The molecule has 2 aromatic carbocycles. The summed E-state index contributed by atoms with van der Waals surface area (Å²) in [5.41, 5.74) is 1.23. The third-order valence-corrected chi connectivity index (χ3v) is 5.78. The van der Waals surface area contributed by atoms with Crippen molar-refractivity contribution in [3.63, 3.8) is 0 Å². The first-order valence-corrected chi connectivity index (χ1v) is 11.0. The first-order chi connectivity index (χ1) is 14.6. The number of carbonyl (C=O) groups excluding carboxylic acids is 2. The lowest BCUT2D eigenvalue weighted by molar-refractivity contribution is -0.124. The van der Waals surface area contributed by atoms with Crippen LogP contribution >= 0.6 is 0 Å². The second kappa shape index (κ2) is 11.0. The lowest BCUT2D eigenvalue weighted by atomic mass is 10.0. The topological polar surface area (TPSA) is 114 Å². The highest BCUT2D eigenvalue weighted by atomic mass is 32.2. The molecule has 3 N–H and O–H groups in total. The molecule has 2 aromatic rings. The van der Waals surface area contributed by atoms with Gasteiger partial charge in [-0.1, -0.05) is 38.1 Å². The normalized spacial score (nSPS) is 12.4. The summed E-state index contributed by atoms with van der Waals surface area (Å²) in [4.78, 5) is 23.8. The van der Waals surface area contributed by atoms with Crippen LogP contribution in [-0.2, 0) is 30.9 Å². The van der Waals surface area contributed by atoms with Gasteiger partial charge in [0.2, 0.25) is 21.8 Å². The van der Waals surface area contributed by atoms with Gasteiger partial charge >= 0.3 is 0 Å². The molecule has 0 spiro atoms. The molecule has 0 aliphatic carbocycles. The van der Waals surface area contributed by atoms with Crippen molar-refractivity contribution in [3.05, 3.63) is 59.9 Å². The molecule has 8 nitrogen and oxygen atoms in total. The highest BCUT2D eigenvalue weighted by Gasteiger charge is 2.29. The van der Waals surface area contributed by atoms with Crippen molar-refractivity contribution >= 4 is 27.5 Å². The van der Waals surface area contributed by atoms with Crippen molar-refractivity contribution in [2.45, 2.75) is 31.3 Å². The van der Waals surface area contributed by atoms with Gasteiger partial charge in [-0.25, -0.2) is 12.8 Å². The van der Waals surface area contributed by atoms with E-state index in [1.54, 1.807) is 38.1 Å². The lowest BCUT2D eigenvalue weighted by Crippen LogP contribution is -2.49. The summed E-state index contributed by atoms with van der Waals surface area (Å²) in [6.45, 7) is 3.39. The van der Waals surface area contributed by atoms with Crippen molar-refractivity contribution < 1.29 is 27.1 Å². The molecule has 0 heterocycles. The Balaban J connectivity index is 2.07. The Morgan fingerprint density at radius 2 is 1.81 bits per heavy atom. The zero-order valence-corrected chi connectivity index (χ0v) is 18.3. The Kier molecular flexibility index (Phi) is 8.66. The van der Waals surface area contributed by atoms with Gasteiger partial charge in [0, 0.05) is 19.3 Å². The Bertz CT molecular complexity index is 1030. The first-order valence-electron chi connectivity index (χ1n) is 9.56. The van der Waals surface area contributed by atoms with Crippen LogP contribution in [0.25, 0.3) is 0 Å². The number of ether oxygens (including phenoxy) is 1. The third kappa shape index (κ3) is 7.12. The minimum atomic E-state index is -4.23.